The standard InChI is InChI=1S/C13H18FNO3S/c1-17-12-4-3-10(14)7-9(12)8-19-6-5-11(15)13(16)18-2/h3-4,7,11H,5-6,8,15H2,1-2H3. The minimum atomic E-state index is -0.605. The average molecular weight is 287 g/mol. The molecule has 0 fully saturated rings. The molecular formula is C13H18FNO3S. The summed E-state index contributed by atoms with van der Waals surface area (Å²) in [5.74, 6) is 1.25. The number of rotatable bonds is 7. The van der Waals surface area contributed by atoms with Gasteiger partial charge in [0.05, 0.1) is 14.2 Å². The van der Waals surface area contributed by atoms with E-state index < -0.39 is 12.0 Å². The molecule has 0 heterocycles. The van der Waals surface area contributed by atoms with Crippen LogP contribution in [0.4, 0.5) is 4.39 Å². The minimum absolute atomic E-state index is 0.289. The predicted octanol–water partition coefficient (Wildman–Crippen LogP) is 1.96. The Morgan fingerprint density at radius 2 is 2.21 bits per heavy atom. The van der Waals surface area contributed by atoms with Crippen molar-refractivity contribution in [1.29, 1.82) is 0 Å². The second kappa shape index (κ2) is 8.01. The second-order valence-corrected chi connectivity index (χ2v) is 5.03. The van der Waals surface area contributed by atoms with Gasteiger partial charge in [-0.25, -0.2) is 4.39 Å². The van der Waals surface area contributed by atoms with E-state index in [0.29, 0.717) is 23.7 Å². The quantitative estimate of drug-likeness (QED) is 0.613. The molecule has 19 heavy (non-hydrogen) atoms. The Labute approximate surface area is 116 Å². The Morgan fingerprint density at radius 1 is 1.47 bits per heavy atom. The molecular weight excluding hydrogens is 269 g/mol. The number of benzene rings is 1. The highest BCUT2D eigenvalue weighted by Gasteiger charge is 2.13. The largest absolute Gasteiger partial charge is 0.496 e. The van der Waals surface area contributed by atoms with Crippen LogP contribution in [-0.2, 0) is 15.3 Å². The van der Waals surface area contributed by atoms with Crippen molar-refractivity contribution in [2.24, 2.45) is 5.73 Å². The molecule has 1 aromatic rings. The SMILES string of the molecule is COC(=O)C(N)CCSCc1cc(F)ccc1OC. The van der Waals surface area contributed by atoms with E-state index in [0.717, 1.165) is 5.56 Å². The van der Waals surface area contributed by atoms with Crippen LogP contribution in [0.3, 0.4) is 0 Å². The van der Waals surface area contributed by atoms with Gasteiger partial charge in [0.2, 0.25) is 0 Å². The summed E-state index contributed by atoms with van der Waals surface area (Å²) in [5, 5.41) is 0. The first kappa shape index (κ1) is 15.8. The first-order chi connectivity index (χ1) is 9.08. The van der Waals surface area contributed by atoms with Crippen LogP contribution in [0, 0.1) is 5.82 Å². The van der Waals surface area contributed by atoms with Crippen LogP contribution >= 0.6 is 11.8 Å². The van der Waals surface area contributed by atoms with Crippen LogP contribution in [0.25, 0.3) is 0 Å². The van der Waals surface area contributed by atoms with Gasteiger partial charge >= 0.3 is 5.97 Å². The van der Waals surface area contributed by atoms with Crippen molar-refractivity contribution in [3.8, 4) is 5.75 Å². The number of methoxy groups -OCH3 is 2. The summed E-state index contributed by atoms with van der Waals surface area (Å²) in [4.78, 5) is 11.1. The number of nitrogens with two attached hydrogens (primary N) is 1. The highest BCUT2D eigenvalue weighted by atomic mass is 32.2. The maximum atomic E-state index is 13.1. The lowest BCUT2D eigenvalue weighted by Crippen LogP contribution is -2.31. The molecule has 0 bridgehead atoms. The third kappa shape index (κ3) is 5.08. The minimum Gasteiger partial charge on any atom is -0.496 e. The van der Waals surface area contributed by atoms with E-state index in [1.807, 2.05) is 0 Å². The first-order valence-corrected chi connectivity index (χ1v) is 6.97. The van der Waals surface area contributed by atoms with Crippen molar-refractivity contribution in [2.45, 2.75) is 18.2 Å². The lowest BCUT2D eigenvalue weighted by molar-refractivity contribution is -0.142. The number of carbonyl (C=O) groups is 1. The number of ether oxygens (including phenoxy) is 2. The summed E-state index contributed by atoms with van der Waals surface area (Å²) in [7, 11) is 2.86. The molecule has 1 atom stereocenters. The van der Waals surface area contributed by atoms with Crippen molar-refractivity contribution >= 4 is 17.7 Å². The van der Waals surface area contributed by atoms with Crippen molar-refractivity contribution in [2.75, 3.05) is 20.0 Å². The van der Waals surface area contributed by atoms with Crippen molar-refractivity contribution in [1.82, 2.24) is 0 Å². The van der Waals surface area contributed by atoms with Gasteiger partial charge in [0.15, 0.2) is 0 Å². The molecule has 6 heteroatoms. The lowest BCUT2D eigenvalue weighted by atomic mass is 10.2. The zero-order valence-corrected chi connectivity index (χ0v) is 11.8. The molecule has 0 saturated carbocycles. The second-order valence-electron chi connectivity index (χ2n) is 3.93. The number of thioether (sulfide) groups is 1. The lowest BCUT2D eigenvalue weighted by Gasteiger charge is -2.10. The van der Waals surface area contributed by atoms with Crippen LogP contribution in [0.2, 0.25) is 0 Å². The molecule has 0 aliphatic heterocycles. The van der Waals surface area contributed by atoms with E-state index in [2.05, 4.69) is 4.74 Å². The van der Waals surface area contributed by atoms with Gasteiger partial charge in [-0.15, -0.1) is 0 Å². The third-order valence-corrected chi connectivity index (χ3v) is 3.62. The smallest absolute Gasteiger partial charge is 0.322 e. The number of hydrogen-bond acceptors (Lipinski definition) is 5. The molecule has 1 rings (SSSR count). The van der Waals surface area contributed by atoms with Crippen molar-refractivity contribution < 1.29 is 18.7 Å². The fraction of sp³-hybridized carbons (Fsp3) is 0.462. The monoisotopic (exact) mass is 287 g/mol. The van der Waals surface area contributed by atoms with Gasteiger partial charge < -0.3 is 15.2 Å². The molecule has 2 N–H and O–H groups in total. The topological polar surface area (TPSA) is 61.5 Å². The van der Waals surface area contributed by atoms with Crippen molar-refractivity contribution in [3.63, 3.8) is 0 Å². The van der Waals surface area contributed by atoms with Crippen LogP contribution < -0.4 is 10.5 Å². The summed E-state index contributed by atoms with van der Waals surface area (Å²) in [6, 6.07) is 3.81. The predicted molar refractivity (Wildman–Crippen MR) is 73.7 cm³/mol. The summed E-state index contributed by atoms with van der Waals surface area (Å²) in [5.41, 5.74) is 6.41. The highest BCUT2D eigenvalue weighted by Crippen LogP contribution is 2.24. The van der Waals surface area contributed by atoms with Crippen LogP contribution in [-0.4, -0.2) is 32.0 Å². The molecule has 1 aromatic carbocycles. The molecule has 0 aliphatic carbocycles. The maximum Gasteiger partial charge on any atom is 0.322 e. The summed E-state index contributed by atoms with van der Waals surface area (Å²) in [6.45, 7) is 0. The van der Waals surface area contributed by atoms with E-state index in [-0.39, 0.29) is 5.82 Å². The van der Waals surface area contributed by atoms with Gasteiger partial charge in [-0.1, -0.05) is 0 Å². The summed E-state index contributed by atoms with van der Waals surface area (Å²) in [6.07, 6.45) is 0.523. The van der Waals surface area contributed by atoms with Gasteiger partial charge in [-0.3, -0.25) is 4.79 Å². The zero-order valence-electron chi connectivity index (χ0n) is 11.0. The van der Waals surface area contributed by atoms with Gasteiger partial charge in [-0.05, 0) is 30.4 Å². The molecule has 4 nitrogen and oxygen atoms in total. The maximum absolute atomic E-state index is 13.1. The van der Waals surface area contributed by atoms with E-state index in [4.69, 9.17) is 10.5 Å². The molecule has 1 unspecified atom stereocenters. The Morgan fingerprint density at radius 3 is 2.84 bits per heavy atom. The van der Waals surface area contributed by atoms with Gasteiger partial charge in [0, 0.05) is 11.3 Å². The van der Waals surface area contributed by atoms with E-state index >= 15 is 0 Å². The van der Waals surface area contributed by atoms with Crippen molar-refractivity contribution in [3.05, 3.63) is 29.6 Å². The number of halogens is 1. The molecule has 106 valence electrons. The average Bonchev–Trinajstić information content (AvgIpc) is 2.42. The Kier molecular flexibility index (Phi) is 6.66. The van der Waals surface area contributed by atoms with Gasteiger partial charge in [-0.2, -0.15) is 11.8 Å². The van der Waals surface area contributed by atoms with Crippen LogP contribution in [0.5, 0.6) is 5.75 Å². The molecule has 0 spiro atoms. The van der Waals surface area contributed by atoms with E-state index in [9.17, 15) is 9.18 Å². The molecule has 0 amide bonds. The van der Waals surface area contributed by atoms with Crippen LogP contribution in [0.1, 0.15) is 12.0 Å². The molecule has 0 radical (unpaired) electrons. The van der Waals surface area contributed by atoms with Gasteiger partial charge in [0.25, 0.3) is 0 Å². The molecule has 0 aromatic heterocycles. The number of carbonyl (C=O) groups excluding carboxylic acids is 1. The Bertz CT molecular complexity index is 428. The summed E-state index contributed by atoms with van der Waals surface area (Å²) < 4.78 is 22.8. The molecule has 0 saturated heterocycles. The Hall–Kier alpha value is -1.27. The third-order valence-electron chi connectivity index (χ3n) is 2.58. The van der Waals surface area contributed by atoms with Gasteiger partial charge in [0.1, 0.15) is 17.6 Å². The van der Waals surface area contributed by atoms with E-state index in [1.165, 1.54) is 19.2 Å². The molecule has 0 aliphatic rings. The zero-order chi connectivity index (χ0) is 14.3. The fourth-order valence-electron chi connectivity index (χ4n) is 1.52. The highest BCUT2D eigenvalue weighted by molar-refractivity contribution is 7.98. The Balaban J connectivity index is 2.41. The van der Waals surface area contributed by atoms with E-state index in [1.54, 1.807) is 24.9 Å². The normalized spacial score (nSPS) is 12.0. The first-order valence-electron chi connectivity index (χ1n) is 5.82. The van der Waals surface area contributed by atoms with Crippen LogP contribution in [0.15, 0.2) is 18.2 Å². The number of hydrogen-bond donors (Lipinski definition) is 1. The fourth-order valence-corrected chi connectivity index (χ4v) is 2.53. The number of esters is 1. The summed E-state index contributed by atoms with van der Waals surface area (Å²) >= 11 is 1.57.